The summed E-state index contributed by atoms with van der Waals surface area (Å²) in [5.41, 5.74) is 0.0436. The number of nitrogens with zero attached hydrogens (tertiary/aromatic N) is 1. The van der Waals surface area contributed by atoms with Gasteiger partial charge in [0.25, 0.3) is 0 Å². The van der Waals surface area contributed by atoms with Crippen molar-refractivity contribution in [3.63, 3.8) is 0 Å². The number of halogens is 4. The minimum atomic E-state index is -0.756. The topological polar surface area (TPSA) is 52.4 Å². The first-order valence-electron chi connectivity index (χ1n) is 5.58. The van der Waals surface area contributed by atoms with Gasteiger partial charge in [0.15, 0.2) is 11.6 Å². The molecule has 0 aliphatic carbocycles. The minimum absolute atomic E-state index is 0.0838. The van der Waals surface area contributed by atoms with Crippen LogP contribution in [-0.2, 0) is 5.88 Å². The molecule has 0 bridgehead atoms. The Morgan fingerprint density at radius 3 is 2.48 bits per heavy atom. The van der Waals surface area contributed by atoms with E-state index in [4.69, 9.17) is 16.3 Å². The Balaban J connectivity index is 2.43. The van der Waals surface area contributed by atoms with Gasteiger partial charge in [-0.3, -0.25) is 10.1 Å². The molecule has 8 heteroatoms. The van der Waals surface area contributed by atoms with E-state index in [9.17, 15) is 18.9 Å². The molecule has 2 aromatic rings. The number of hydrogen-bond acceptors (Lipinski definition) is 3. The summed E-state index contributed by atoms with van der Waals surface area (Å²) in [5, 5.41) is 10.9. The molecule has 0 aromatic heterocycles. The fraction of sp³-hybridized carbons (Fsp3) is 0.0769. The molecule has 0 saturated carbocycles. The van der Waals surface area contributed by atoms with Crippen molar-refractivity contribution in [1.82, 2.24) is 0 Å². The third-order valence-electron chi connectivity index (χ3n) is 2.57. The highest BCUT2D eigenvalue weighted by molar-refractivity contribution is 9.10. The third kappa shape index (κ3) is 3.48. The molecule has 0 unspecified atom stereocenters. The number of benzene rings is 2. The predicted molar refractivity (Wildman–Crippen MR) is 76.8 cm³/mol. The molecule has 4 nitrogen and oxygen atoms in total. The lowest BCUT2D eigenvalue weighted by Gasteiger charge is -2.09. The fourth-order valence-corrected chi connectivity index (χ4v) is 2.07. The summed E-state index contributed by atoms with van der Waals surface area (Å²) in [4.78, 5) is 10.2. The van der Waals surface area contributed by atoms with Crippen LogP contribution in [0.5, 0.6) is 11.5 Å². The van der Waals surface area contributed by atoms with Crippen molar-refractivity contribution in [2.75, 3.05) is 0 Å². The van der Waals surface area contributed by atoms with Gasteiger partial charge in [-0.15, -0.1) is 11.6 Å². The first-order chi connectivity index (χ1) is 9.92. The first-order valence-corrected chi connectivity index (χ1v) is 6.91. The Labute approximate surface area is 131 Å². The van der Waals surface area contributed by atoms with Crippen molar-refractivity contribution >= 4 is 33.2 Å². The van der Waals surface area contributed by atoms with Crippen LogP contribution in [0, 0.1) is 21.7 Å². The van der Waals surface area contributed by atoms with Crippen LogP contribution in [0.4, 0.5) is 14.5 Å². The van der Waals surface area contributed by atoms with Crippen molar-refractivity contribution in [1.29, 1.82) is 0 Å². The van der Waals surface area contributed by atoms with Crippen LogP contribution in [-0.4, -0.2) is 4.92 Å². The van der Waals surface area contributed by atoms with Crippen LogP contribution in [0.25, 0.3) is 0 Å². The number of nitro groups is 1. The van der Waals surface area contributed by atoms with Crippen molar-refractivity contribution in [3.8, 4) is 11.5 Å². The van der Waals surface area contributed by atoms with E-state index in [0.29, 0.717) is 5.56 Å². The highest BCUT2D eigenvalue weighted by atomic mass is 79.9. The molecule has 0 spiro atoms. The van der Waals surface area contributed by atoms with Crippen LogP contribution in [0.1, 0.15) is 5.56 Å². The normalized spacial score (nSPS) is 10.5. The van der Waals surface area contributed by atoms with E-state index < -0.39 is 28.0 Å². The summed E-state index contributed by atoms with van der Waals surface area (Å²) in [6.45, 7) is 0. The van der Waals surface area contributed by atoms with Gasteiger partial charge in [-0.05, 0) is 33.6 Å². The lowest BCUT2D eigenvalue weighted by molar-refractivity contribution is -0.385. The summed E-state index contributed by atoms with van der Waals surface area (Å²) in [5.74, 6) is -2.03. The zero-order valence-electron chi connectivity index (χ0n) is 10.3. The standard InChI is InChI=1S/C13H7BrClF2NO3/c14-8-4-11(18(19)20)13(5-9(8)16)21-12-2-1-7(6-15)3-10(12)17/h1-5H,6H2. The van der Waals surface area contributed by atoms with E-state index in [0.717, 1.165) is 18.2 Å². The summed E-state index contributed by atoms with van der Waals surface area (Å²) < 4.78 is 32.3. The molecule has 0 radical (unpaired) electrons. The number of nitro benzene ring substituents is 1. The second-order valence-electron chi connectivity index (χ2n) is 3.99. The highest BCUT2D eigenvalue weighted by Crippen LogP contribution is 2.36. The van der Waals surface area contributed by atoms with E-state index in [1.54, 1.807) is 0 Å². The molecule has 0 aliphatic heterocycles. The summed E-state index contributed by atoms with van der Waals surface area (Å²) in [6, 6.07) is 5.69. The molecule has 0 fully saturated rings. The maximum atomic E-state index is 13.8. The van der Waals surface area contributed by atoms with Crippen LogP contribution in [0.15, 0.2) is 34.8 Å². The minimum Gasteiger partial charge on any atom is -0.447 e. The van der Waals surface area contributed by atoms with Gasteiger partial charge < -0.3 is 4.74 Å². The smallest absolute Gasteiger partial charge is 0.312 e. The van der Waals surface area contributed by atoms with Crippen LogP contribution in [0.3, 0.4) is 0 Å². The lowest BCUT2D eigenvalue weighted by atomic mass is 10.2. The van der Waals surface area contributed by atoms with E-state index in [1.807, 2.05) is 0 Å². The van der Waals surface area contributed by atoms with Crippen LogP contribution >= 0.6 is 27.5 Å². The van der Waals surface area contributed by atoms with Gasteiger partial charge in [-0.2, -0.15) is 0 Å². The van der Waals surface area contributed by atoms with Gasteiger partial charge in [-0.25, -0.2) is 8.78 Å². The van der Waals surface area contributed by atoms with Crippen molar-refractivity contribution in [2.45, 2.75) is 5.88 Å². The van der Waals surface area contributed by atoms with E-state index in [-0.39, 0.29) is 16.1 Å². The second-order valence-corrected chi connectivity index (χ2v) is 5.11. The predicted octanol–water partition coefficient (Wildman–Crippen LogP) is 5.17. The summed E-state index contributed by atoms with van der Waals surface area (Å²) in [6.07, 6.45) is 0. The molecule has 2 rings (SSSR count). The van der Waals surface area contributed by atoms with Gasteiger partial charge in [0.2, 0.25) is 5.75 Å². The Hall–Kier alpha value is -1.73. The Bertz CT molecular complexity index is 712. The average molecular weight is 379 g/mol. The third-order valence-corrected chi connectivity index (χ3v) is 3.49. The number of alkyl halides is 1. The molecule has 21 heavy (non-hydrogen) atoms. The maximum Gasteiger partial charge on any atom is 0.312 e. The van der Waals surface area contributed by atoms with Crippen molar-refractivity contribution in [3.05, 3.63) is 62.1 Å². The second kappa shape index (κ2) is 6.36. The average Bonchev–Trinajstić information content (AvgIpc) is 2.44. The van der Waals surface area contributed by atoms with Crippen molar-refractivity contribution < 1.29 is 18.4 Å². The zero-order valence-corrected chi connectivity index (χ0v) is 12.6. The molecule has 2 aromatic carbocycles. The number of ether oxygens (including phenoxy) is 1. The monoisotopic (exact) mass is 377 g/mol. The van der Waals surface area contributed by atoms with Gasteiger partial charge >= 0.3 is 5.69 Å². The summed E-state index contributed by atoms with van der Waals surface area (Å²) >= 11 is 8.41. The van der Waals surface area contributed by atoms with Gasteiger partial charge in [0.1, 0.15) is 5.82 Å². The molecule has 0 aliphatic rings. The van der Waals surface area contributed by atoms with E-state index in [1.165, 1.54) is 12.1 Å². The highest BCUT2D eigenvalue weighted by Gasteiger charge is 2.20. The van der Waals surface area contributed by atoms with Gasteiger partial charge in [0, 0.05) is 18.0 Å². The molecule has 0 N–H and O–H groups in total. The molecule has 0 atom stereocenters. The Kier molecular flexibility index (Phi) is 4.74. The maximum absolute atomic E-state index is 13.8. The zero-order chi connectivity index (χ0) is 15.6. The Morgan fingerprint density at radius 1 is 1.19 bits per heavy atom. The van der Waals surface area contributed by atoms with Gasteiger partial charge in [-0.1, -0.05) is 6.07 Å². The quantitative estimate of drug-likeness (QED) is 0.419. The van der Waals surface area contributed by atoms with Crippen LogP contribution < -0.4 is 4.74 Å². The Morgan fingerprint density at radius 2 is 1.90 bits per heavy atom. The SMILES string of the molecule is O=[N+]([O-])c1cc(Br)c(F)cc1Oc1ccc(CCl)cc1F. The number of rotatable bonds is 4. The van der Waals surface area contributed by atoms with Crippen molar-refractivity contribution in [2.24, 2.45) is 0 Å². The lowest BCUT2D eigenvalue weighted by Crippen LogP contribution is -1.97. The molecule has 110 valence electrons. The fourth-order valence-electron chi connectivity index (χ4n) is 1.57. The van der Waals surface area contributed by atoms with E-state index >= 15 is 0 Å². The number of hydrogen-bond donors (Lipinski definition) is 0. The molecule has 0 heterocycles. The molecule has 0 saturated heterocycles. The molecule has 0 amide bonds. The molecular formula is C13H7BrClF2NO3. The first kappa shape index (κ1) is 15.7. The summed E-state index contributed by atoms with van der Waals surface area (Å²) in [7, 11) is 0. The van der Waals surface area contributed by atoms with Gasteiger partial charge in [0.05, 0.1) is 9.40 Å². The van der Waals surface area contributed by atoms with Crippen LogP contribution in [0.2, 0.25) is 0 Å². The van der Waals surface area contributed by atoms with E-state index in [2.05, 4.69) is 15.9 Å². The largest absolute Gasteiger partial charge is 0.447 e. The molecular weight excluding hydrogens is 372 g/mol.